The lowest BCUT2D eigenvalue weighted by Crippen LogP contribution is -2.03. The quantitative estimate of drug-likeness (QED) is 0.345. The molecule has 0 saturated carbocycles. The van der Waals surface area contributed by atoms with E-state index in [4.69, 9.17) is 14.2 Å². The van der Waals surface area contributed by atoms with E-state index in [0.29, 0.717) is 45.9 Å². The summed E-state index contributed by atoms with van der Waals surface area (Å²) in [6.07, 6.45) is 1.64. The van der Waals surface area contributed by atoms with Gasteiger partial charge in [0.2, 0.25) is 23.4 Å². The summed E-state index contributed by atoms with van der Waals surface area (Å²) in [5, 5.41) is 0. The van der Waals surface area contributed by atoms with Crippen molar-refractivity contribution in [2.24, 2.45) is 0 Å². The second-order valence-electron chi connectivity index (χ2n) is 7.32. The minimum absolute atomic E-state index is 0.199. The Bertz CT molecular complexity index is 1450. The highest BCUT2D eigenvalue weighted by molar-refractivity contribution is 6.08. The summed E-state index contributed by atoms with van der Waals surface area (Å²) in [5.74, 6) is 1.84. The van der Waals surface area contributed by atoms with Crippen molar-refractivity contribution in [3.63, 3.8) is 0 Å². The van der Waals surface area contributed by atoms with Gasteiger partial charge in [0.05, 0.1) is 25.3 Å². The van der Waals surface area contributed by atoms with Crippen molar-refractivity contribution in [3.8, 4) is 34.5 Å². The topological polar surface area (TPSA) is 99.2 Å². The lowest BCUT2D eigenvalue weighted by Gasteiger charge is -2.13. The third-order valence-corrected chi connectivity index (χ3v) is 5.23. The molecule has 3 heterocycles. The van der Waals surface area contributed by atoms with Crippen LogP contribution in [0.15, 0.2) is 79.0 Å². The molecule has 0 saturated heterocycles. The summed E-state index contributed by atoms with van der Waals surface area (Å²) < 4.78 is 16.7. The predicted octanol–water partition coefficient (Wildman–Crippen LogP) is 5.06. The van der Waals surface area contributed by atoms with Crippen molar-refractivity contribution in [2.75, 3.05) is 14.2 Å². The molecule has 0 bridgehead atoms. The normalized spacial score (nSPS) is 10.8. The Kier molecular flexibility index (Phi) is 5.61. The molecule has 5 aromatic rings. The van der Waals surface area contributed by atoms with Gasteiger partial charge in [-0.1, -0.05) is 12.1 Å². The van der Waals surface area contributed by atoms with Crippen molar-refractivity contribution in [1.82, 2.24) is 19.9 Å². The van der Waals surface area contributed by atoms with Gasteiger partial charge in [0.25, 0.3) is 0 Å². The minimum Gasteiger partial charge on any atom is -0.481 e. The number of hydrogen-bond acceptors (Lipinski definition) is 7. The van der Waals surface area contributed by atoms with Crippen LogP contribution >= 0.6 is 0 Å². The number of benzene rings is 2. The highest BCUT2D eigenvalue weighted by Gasteiger charge is 2.17. The van der Waals surface area contributed by atoms with E-state index in [1.54, 1.807) is 56.8 Å². The summed E-state index contributed by atoms with van der Waals surface area (Å²) in [5.41, 5.74) is 3.47. The second kappa shape index (κ2) is 9.03. The highest BCUT2D eigenvalue weighted by atomic mass is 16.5. The van der Waals surface area contributed by atoms with Crippen LogP contribution in [0.25, 0.3) is 22.2 Å². The van der Waals surface area contributed by atoms with Crippen LogP contribution in [0.5, 0.6) is 23.4 Å². The third kappa shape index (κ3) is 4.04. The number of carbonyl (C=O) groups is 1. The van der Waals surface area contributed by atoms with Gasteiger partial charge in [-0.05, 0) is 54.6 Å². The number of aromatic nitrogens is 4. The number of pyridine rings is 2. The number of fused-ring (bicyclic) bond motifs is 1. The summed E-state index contributed by atoms with van der Waals surface area (Å²) in [7, 11) is 3.09. The molecular weight excluding hydrogens is 432 g/mol. The average Bonchev–Trinajstić information content (AvgIpc) is 3.33. The van der Waals surface area contributed by atoms with Crippen LogP contribution in [0.4, 0.5) is 0 Å². The van der Waals surface area contributed by atoms with Crippen LogP contribution in [0.3, 0.4) is 0 Å². The molecule has 0 spiro atoms. The number of rotatable bonds is 7. The van der Waals surface area contributed by atoms with E-state index in [-0.39, 0.29) is 5.78 Å². The summed E-state index contributed by atoms with van der Waals surface area (Å²) in [4.78, 5) is 29.0. The number of methoxy groups -OCH3 is 2. The standard InChI is InChI=1S/C26H20N4O4/c1-32-22-14-13-19(26(30-22)33-2)18-6-5-15-27-25(18)34-17-11-9-16(10-12-17)23(31)24-28-20-7-3-4-8-21(20)29-24/h3-15H,1-2H3,(H,28,29). The van der Waals surface area contributed by atoms with Gasteiger partial charge in [0.15, 0.2) is 5.82 Å². The third-order valence-electron chi connectivity index (χ3n) is 5.23. The molecule has 0 atom stereocenters. The van der Waals surface area contributed by atoms with Gasteiger partial charge in [-0.15, -0.1) is 0 Å². The van der Waals surface area contributed by atoms with E-state index in [0.717, 1.165) is 11.0 Å². The highest BCUT2D eigenvalue weighted by Crippen LogP contribution is 2.37. The zero-order valence-corrected chi connectivity index (χ0v) is 18.5. The maximum Gasteiger partial charge on any atom is 0.228 e. The van der Waals surface area contributed by atoms with Crippen LogP contribution in [0, 0.1) is 0 Å². The molecule has 0 aliphatic rings. The van der Waals surface area contributed by atoms with Gasteiger partial charge in [-0.25, -0.2) is 9.97 Å². The molecule has 1 N–H and O–H groups in total. The summed E-state index contributed by atoms with van der Waals surface area (Å²) in [6, 6.07) is 21.6. The van der Waals surface area contributed by atoms with Crippen LogP contribution in [0.1, 0.15) is 16.2 Å². The van der Waals surface area contributed by atoms with Crippen molar-refractivity contribution in [3.05, 3.63) is 90.4 Å². The molecule has 0 radical (unpaired) electrons. The van der Waals surface area contributed by atoms with E-state index in [2.05, 4.69) is 19.9 Å². The van der Waals surface area contributed by atoms with Gasteiger partial charge < -0.3 is 19.2 Å². The number of carbonyl (C=O) groups excluding carboxylic acids is 1. The number of hydrogen-bond donors (Lipinski definition) is 1. The molecule has 8 nitrogen and oxygen atoms in total. The van der Waals surface area contributed by atoms with Gasteiger partial charge in [-0.2, -0.15) is 4.98 Å². The molecule has 0 aliphatic heterocycles. The SMILES string of the molecule is COc1ccc(-c2cccnc2Oc2ccc(C(=O)c3nc4ccccc4[nH]3)cc2)c(OC)n1. The molecular formula is C26H20N4O4. The van der Waals surface area contributed by atoms with Crippen molar-refractivity contribution in [2.45, 2.75) is 0 Å². The van der Waals surface area contributed by atoms with Crippen molar-refractivity contribution in [1.29, 1.82) is 0 Å². The lowest BCUT2D eigenvalue weighted by molar-refractivity contribution is 0.103. The van der Waals surface area contributed by atoms with Gasteiger partial charge in [-0.3, -0.25) is 4.79 Å². The van der Waals surface area contributed by atoms with Crippen LogP contribution in [-0.2, 0) is 0 Å². The molecule has 0 amide bonds. The Hall–Kier alpha value is -4.72. The molecule has 168 valence electrons. The number of imidazole rings is 1. The summed E-state index contributed by atoms with van der Waals surface area (Å²) in [6.45, 7) is 0. The molecule has 5 rings (SSSR count). The second-order valence-corrected chi connectivity index (χ2v) is 7.32. The zero-order chi connectivity index (χ0) is 23.5. The van der Waals surface area contributed by atoms with Crippen molar-refractivity contribution >= 4 is 16.8 Å². The maximum atomic E-state index is 12.9. The number of para-hydroxylation sites is 2. The van der Waals surface area contributed by atoms with Crippen LogP contribution in [0.2, 0.25) is 0 Å². The number of nitrogens with zero attached hydrogens (tertiary/aromatic N) is 3. The summed E-state index contributed by atoms with van der Waals surface area (Å²) >= 11 is 0. The van der Waals surface area contributed by atoms with Crippen LogP contribution in [-0.4, -0.2) is 39.9 Å². The molecule has 0 unspecified atom stereocenters. The van der Waals surface area contributed by atoms with E-state index >= 15 is 0 Å². The van der Waals surface area contributed by atoms with E-state index in [1.165, 1.54) is 0 Å². The first-order valence-corrected chi connectivity index (χ1v) is 10.5. The molecule has 0 fully saturated rings. The number of nitrogens with one attached hydrogen (secondary N) is 1. The van der Waals surface area contributed by atoms with Gasteiger partial charge in [0.1, 0.15) is 5.75 Å². The lowest BCUT2D eigenvalue weighted by atomic mass is 10.1. The molecule has 34 heavy (non-hydrogen) atoms. The zero-order valence-electron chi connectivity index (χ0n) is 18.5. The fraction of sp³-hybridized carbons (Fsp3) is 0.0769. The Morgan fingerprint density at radius 2 is 1.59 bits per heavy atom. The predicted molar refractivity (Wildman–Crippen MR) is 127 cm³/mol. The Labute approximate surface area is 195 Å². The number of H-pyrrole nitrogens is 1. The molecule has 2 aromatic carbocycles. The van der Waals surface area contributed by atoms with E-state index in [1.807, 2.05) is 36.4 Å². The number of ketones is 1. The molecule has 8 heteroatoms. The average molecular weight is 452 g/mol. The largest absolute Gasteiger partial charge is 0.481 e. The number of ether oxygens (including phenoxy) is 3. The maximum absolute atomic E-state index is 12.9. The molecule has 3 aromatic heterocycles. The fourth-order valence-electron chi connectivity index (χ4n) is 3.56. The smallest absolute Gasteiger partial charge is 0.228 e. The van der Waals surface area contributed by atoms with Gasteiger partial charge >= 0.3 is 0 Å². The Morgan fingerprint density at radius 3 is 2.35 bits per heavy atom. The first-order chi connectivity index (χ1) is 16.7. The Balaban J connectivity index is 1.40. The van der Waals surface area contributed by atoms with E-state index in [9.17, 15) is 4.79 Å². The van der Waals surface area contributed by atoms with E-state index < -0.39 is 0 Å². The van der Waals surface area contributed by atoms with Crippen LogP contribution < -0.4 is 14.2 Å². The Morgan fingerprint density at radius 1 is 0.794 bits per heavy atom. The van der Waals surface area contributed by atoms with Crippen molar-refractivity contribution < 1.29 is 19.0 Å². The minimum atomic E-state index is -0.199. The monoisotopic (exact) mass is 452 g/mol. The fourth-order valence-corrected chi connectivity index (χ4v) is 3.56. The first-order valence-electron chi connectivity index (χ1n) is 10.5. The molecule has 0 aliphatic carbocycles. The van der Waals surface area contributed by atoms with Gasteiger partial charge in [0, 0.05) is 29.0 Å². The first kappa shape index (κ1) is 21.1. The number of aromatic amines is 1.